The maximum absolute atomic E-state index is 13.3. The Kier molecular flexibility index (Phi) is 4.98. The molecule has 2 aliphatic heterocycles. The van der Waals surface area contributed by atoms with Crippen LogP contribution < -0.4 is 23.7 Å². The summed E-state index contributed by atoms with van der Waals surface area (Å²) >= 11 is 0. The molecule has 0 amide bonds. The van der Waals surface area contributed by atoms with Crippen LogP contribution in [0, 0.1) is 18.8 Å². The summed E-state index contributed by atoms with van der Waals surface area (Å²) in [5.74, 6) is 1.61. The molecule has 10 heteroatoms. The first-order valence-electron chi connectivity index (χ1n) is 11.3. The van der Waals surface area contributed by atoms with Gasteiger partial charge in [0.25, 0.3) is 0 Å². The van der Waals surface area contributed by atoms with Gasteiger partial charge in [-0.2, -0.15) is 0 Å². The molecule has 1 aliphatic carbocycles. The van der Waals surface area contributed by atoms with Crippen LogP contribution in [0.15, 0.2) is 30.5 Å². The van der Waals surface area contributed by atoms with E-state index in [9.17, 15) is 4.79 Å². The van der Waals surface area contributed by atoms with Gasteiger partial charge in [0.1, 0.15) is 0 Å². The molecule has 6 rings (SSSR count). The summed E-state index contributed by atoms with van der Waals surface area (Å²) in [5, 5.41) is 8.47. The second-order valence-corrected chi connectivity index (χ2v) is 8.86. The number of aromatic nitrogens is 3. The Labute approximate surface area is 201 Å². The molecule has 4 unspecified atom stereocenters. The van der Waals surface area contributed by atoms with Crippen molar-refractivity contribution in [3.63, 3.8) is 0 Å². The third kappa shape index (κ3) is 3.12. The molecule has 182 valence electrons. The zero-order valence-electron chi connectivity index (χ0n) is 19.8. The first-order chi connectivity index (χ1) is 17.0. The van der Waals surface area contributed by atoms with Crippen LogP contribution in [0.4, 0.5) is 0 Å². The minimum Gasteiger partial charge on any atom is -0.493 e. The van der Waals surface area contributed by atoms with E-state index in [0.29, 0.717) is 28.7 Å². The number of ether oxygens (including phenoxy) is 6. The van der Waals surface area contributed by atoms with Gasteiger partial charge in [0.2, 0.25) is 12.5 Å². The number of hydrogen-bond acceptors (Lipinski definition) is 9. The SMILES string of the molecule is COc1cc(C2c3cc4c(cc3C(n3nncc3C)C3COC(=O)C23)OCO4)cc(OC)c1OC. The summed E-state index contributed by atoms with van der Waals surface area (Å²) in [6.07, 6.45) is 1.71. The maximum Gasteiger partial charge on any atom is 0.310 e. The Balaban J connectivity index is 1.62. The summed E-state index contributed by atoms with van der Waals surface area (Å²) in [5.41, 5.74) is 3.66. The quantitative estimate of drug-likeness (QED) is 0.511. The molecule has 10 nitrogen and oxygen atoms in total. The molecule has 35 heavy (non-hydrogen) atoms. The van der Waals surface area contributed by atoms with E-state index in [1.54, 1.807) is 27.5 Å². The van der Waals surface area contributed by atoms with Crippen LogP contribution in [0.1, 0.15) is 34.3 Å². The minimum absolute atomic E-state index is 0.148. The zero-order chi connectivity index (χ0) is 24.3. The van der Waals surface area contributed by atoms with Crippen molar-refractivity contribution in [2.45, 2.75) is 18.9 Å². The van der Waals surface area contributed by atoms with Gasteiger partial charge in [-0.15, -0.1) is 5.10 Å². The molecular formula is C25H25N3O7. The molecule has 0 N–H and O–H groups in total. The van der Waals surface area contributed by atoms with E-state index >= 15 is 0 Å². The number of methoxy groups -OCH3 is 3. The lowest BCUT2D eigenvalue weighted by Gasteiger charge is -2.39. The van der Waals surface area contributed by atoms with E-state index < -0.39 is 5.92 Å². The third-order valence-electron chi connectivity index (χ3n) is 7.21. The molecule has 0 saturated carbocycles. The van der Waals surface area contributed by atoms with E-state index in [4.69, 9.17) is 28.4 Å². The fraction of sp³-hybridized carbons (Fsp3) is 0.400. The predicted molar refractivity (Wildman–Crippen MR) is 121 cm³/mol. The van der Waals surface area contributed by atoms with Crippen molar-refractivity contribution in [3.05, 3.63) is 52.8 Å². The average Bonchev–Trinajstić information content (AvgIpc) is 3.60. The van der Waals surface area contributed by atoms with Gasteiger partial charge in [0.05, 0.1) is 51.8 Å². The van der Waals surface area contributed by atoms with Gasteiger partial charge in [-0.25, -0.2) is 4.68 Å². The zero-order valence-corrected chi connectivity index (χ0v) is 19.8. The molecule has 1 saturated heterocycles. The number of esters is 1. The van der Waals surface area contributed by atoms with Crippen molar-refractivity contribution in [2.75, 3.05) is 34.7 Å². The maximum atomic E-state index is 13.3. The molecule has 2 aromatic carbocycles. The Morgan fingerprint density at radius 1 is 0.943 bits per heavy atom. The van der Waals surface area contributed by atoms with Gasteiger partial charge in [-0.1, -0.05) is 5.21 Å². The van der Waals surface area contributed by atoms with Crippen LogP contribution in [-0.2, 0) is 9.53 Å². The highest BCUT2D eigenvalue weighted by atomic mass is 16.7. The fourth-order valence-corrected chi connectivity index (χ4v) is 5.70. The van der Waals surface area contributed by atoms with E-state index in [1.807, 2.05) is 35.9 Å². The van der Waals surface area contributed by atoms with Crippen LogP contribution in [0.3, 0.4) is 0 Å². The number of rotatable bonds is 5. The van der Waals surface area contributed by atoms with Gasteiger partial charge in [-0.05, 0) is 47.9 Å². The standard InChI is InChI=1S/C25H25N3O7/c1-12-9-26-27-28(12)23-15-8-18-17(34-11-35-18)7-14(15)21(22-16(23)10-33-25(22)29)13-5-19(30-2)24(32-4)20(6-13)31-3/h5-9,16,21-23H,10-11H2,1-4H3. The molecule has 1 fully saturated rings. The monoisotopic (exact) mass is 479 g/mol. The molecule has 3 aromatic rings. The second kappa shape index (κ2) is 8.07. The first-order valence-corrected chi connectivity index (χ1v) is 11.3. The van der Waals surface area contributed by atoms with Crippen molar-refractivity contribution in [1.29, 1.82) is 0 Å². The molecule has 3 heterocycles. The molecule has 0 spiro atoms. The van der Waals surface area contributed by atoms with E-state index in [-0.39, 0.29) is 37.2 Å². The third-order valence-corrected chi connectivity index (χ3v) is 7.21. The Hall–Kier alpha value is -3.95. The van der Waals surface area contributed by atoms with Crippen molar-refractivity contribution in [1.82, 2.24) is 15.0 Å². The van der Waals surface area contributed by atoms with Crippen LogP contribution in [-0.4, -0.2) is 55.7 Å². The van der Waals surface area contributed by atoms with Crippen molar-refractivity contribution in [2.24, 2.45) is 11.8 Å². The Morgan fingerprint density at radius 2 is 1.63 bits per heavy atom. The fourth-order valence-electron chi connectivity index (χ4n) is 5.70. The lowest BCUT2D eigenvalue weighted by molar-refractivity contribution is -0.141. The molecule has 1 aromatic heterocycles. The normalized spacial score (nSPS) is 23.9. The predicted octanol–water partition coefficient (Wildman–Crippen LogP) is 2.87. The van der Waals surface area contributed by atoms with Crippen molar-refractivity contribution >= 4 is 5.97 Å². The van der Waals surface area contributed by atoms with E-state index in [1.165, 1.54) is 0 Å². The van der Waals surface area contributed by atoms with Crippen molar-refractivity contribution < 1.29 is 33.2 Å². The lowest BCUT2D eigenvalue weighted by atomic mass is 9.65. The summed E-state index contributed by atoms with van der Waals surface area (Å²) in [6.45, 7) is 2.38. The van der Waals surface area contributed by atoms with Crippen LogP contribution in [0.2, 0.25) is 0 Å². The molecular weight excluding hydrogens is 454 g/mol. The van der Waals surface area contributed by atoms with Crippen LogP contribution >= 0.6 is 0 Å². The van der Waals surface area contributed by atoms with E-state index in [2.05, 4.69) is 10.3 Å². The number of benzene rings is 2. The smallest absolute Gasteiger partial charge is 0.310 e. The summed E-state index contributed by atoms with van der Waals surface area (Å²) in [4.78, 5) is 13.3. The van der Waals surface area contributed by atoms with Gasteiger partial charge >= 0.3 is 5.97 Å². The highest BCUT2D eigenvalue weighted by Gasteiger charge is 2.53. The number of cyclic esters (lactones) is 1. The summed E-state index contributed by atoms with van der Waals surface area (Å²) in [7, 11) is 4.71. The van der Waals surface area contributed by atoms with Crippen LogP contribution in [0.5, 0.6) is 28.7 Å². The van der Waals surface area contributed by atoms with Crippen LogP contribution in [0.25, 0.3) is 0 Å². The number of carbonyl (C=O) groups excluding carboxylic acids is 1. The van der Waals surface area contributed by atoms with Gasteiger partial charge in [-0.3, -0.25) is 4.79 Å². The number of fused-ring (bicyclic) bond motifs is 3. The average molecular weight is 479 g/mol. The molecule has 0 radical (unpaired) electrons. The molecule has 4 atom stereocenters. The Bertz CT molecular complexity index is 1300. The Morgan fingerprint density at radius 3 is 2.23 bits per heavy atom. The lowest BCUT2D eigenvalue weighted by Crippen LogP contribution is -2.38. The second-order valence-electron chi connectivity index (χ2n) is 8.86. The highest BCUT2D eigenvalue weighted by molar-refractivity contribution is 5.79. The molecule has 3 aliphatic rings. The summed E-state index contributed by atoms with van der Waals surface area (Å²) < 4.78 is 35.7. The molecule has 0 bridgehead atoms. The van der Waals surface area contributed by atoms with Crippen molar-refractivity contribution in [3.8, 4) is 28.7 Å². The largest absolute Gasteiger partial charge is 0.493 e. The number of nitrogens with zero attached hydrogens (tertiary/aromatic N) is 3. The van der Waals surface area contributed by atoms with Gasteiger partial charge < -0.3 is 28.4 Å². The first kappa shape index (κ1) is 21.6. The number of aryl methyl sites for hydroxylation is 1. The topological polar surface area (TPSA) is 103 Å². The van der Waals surface area contributed by atoms with Gasteiger partial charge in [0.15, 0.2) is 23.0 Å². The number of hydrogen-bond donors (Lipinski definition) is 0. The van der Waals surface area contributed by atoms with E-state index in [0.717, 1.165) is 22.4 Å². The van der Waals surface area contributed by atoms with Gasteiger partial charge in [0, 0.05) is 11.8 Å². The summed E-state index contributed by atoms with van der Waals surface area (Å²) in [6, 6.07) is 7.49. The highest BCUT2D eigenvalue weighted by Crippen LogP contribution is 2.56. The number of carbonyl (C=O) groups is 1. The minimum atomic E-state index is -0.459.